The standard InChI is InChI=1S/C16H24ClN3O3/c1-16(2,3)23-15(22)20-6-4-12(5-7-20)19-14-13(17)8-11(10-21)9-18-14/h8-9,12,21H,4-7,10H2,1-3H3,(H,18,19). The molecule has 7 heteroatoms. The van der Waals surface area contributed by atoms with Crippen LogP contribution in [0.15, 0.2) is 12.3 Å². The summed E-state index contributed by atoms with van der Waals surface area (Å²) in [6.07, 6.45) is 2.95. The molecule has 2 rings (SSSR count). The Morgan fingerprint density at radius 1 is 1.48 bits per heavy atom. The van der Waals surface area contributed by atoms with Gasteiger partial charge in [-0.3, -0.25) is 0 Å². The van der Waals surface area contributed by atoms with Crippen LogP contribution in [0.1, 0.15) is 39.2 Å². The number of aliphatic hydroxyl groups is 1. The molecule has 1 amide bonds. The second-order valence-corrected chi connectivity index (χ2v) is 7.13. The maximum atomic E-state index is 12.0. The number of halogens is 1. The lowest BCUT2D eigenvalue weighted by molar-refractivity contribution is 0.0210. The van der Waals surface area contributed by atoms with Crippen LogP contribution in [-0.4, -0.2) is 45.8 Å². The Balaban J connectivity index is 1.86. The fourth-order valence-corrected chi connectivity index (χ4v) is 2.64. The average molecular weight is 342 g/mol. The average Bonchev–Trinajstić information content (AvgIpc) is 2.48. The molecule has 0 aromatic carbocycles. The number of anilines is 1. The van der Waals surface area contributed by atoms with Crippen molar-refractivity contribution in [2.24, 2.45) is 0 Å². The number of aromatic nitrogens is 1. The van der Waals surface area contributed by atoms with Crippen molar-refractivity contribution in [2.45, 2.75) is 51.9 Å². The number of amides is 1. The second-order valence-electron chi connectivity index (χ2n) is 6.72. The summed E-state index contributed by atoms with van der Waals surface area (Å²) >= 11 is 6.16. The largest absolute Gasteiger partial charge is 0.444 e. The maximum Gasteiger partial charge on any atom is 0.410 e. The van der Waals surface area contributed by atoms with Gasteiger partial charge in [0.05, 0.1) is 11.6 Å². The number of carbonyl (C=O) groups excluding carboxylic acids is 1. The van der Waals surface area contributed by atoms with Gasteiger partial charge >= 0.3 is 6.09 Å². The number of aliphatic hydroxyl groups excluding tert-OH is 1. The molecule has 2 heterocycles. The second kappa shape index (κ2) is 7.36. The monoisotopic (exact) mass is 341 g/mol. The number of hydrogen-bond acceptors (Lipinski definition) is 5. The Morgan fingerprint density at radius 3 is 2.65 bits per heavy atom. The molecule has 0 atom stereocenters. The molecule has 6 nitrogen and oxygen atoms in total. The first-order valence-corrected chi connectivity index (χ1v) is 8.16. The molecule has 1 aliphatic heterocycles. The third kappa shape index (κ3) is 5.25. The third-order valence-electron chi connectivity index (χ3n) is 3.57. The molecule has 1 fully saturated rings. The number of rotatable bonds is 3. The number of nitrogens with one attached hydrogen (secondary N) is 1. The highest BCUT2D eigenvalue weighted by molar-refractivity contribution is 6.32. The van der Waals surface area contributed by atoms with Gasteiger partial charge in [0, 0.05) is 25.3 Å². The number of likely N-dealkylation sites (tertiary alicyclic amines) is 1. The van der Waals surface area contributed by atoms with Crippen LogP contribution in [0, 0.1) is 0 Å². The maximum absolute atomic E-state index is 12.0. The first kappa shape index (κ1) is 17.8. The van der Waals surface area contributed by atoms with Gasteiger partial charge in [-0.25, -0.2) is 9.78 Å². The van der Waals surface area contributed by atoms with Crippen molar-refractivity contribution >= 4 is 23.5 Å². The van der Waals surface area contributed by atoms with Crippen LogP contribution in [0.3, 0.4) is 0 Å². The van der Waals surface area contributed by atoms with Crippen LogP contribution in [0.5, 0.6) is 0 Å². The van der Waals surface area contributed by atoms with Gasteiger partial charge in [0.1, 0.15) is 11.4 Å². The van der Waals surface area contributed by atoms with Crippen LogP contribution in [-0.2, 0) is 11.3 Å². The summed E-state index contributed by atoms with van der Waals surface area (Å²) in [6, 6.07) is 1.91. The van der Waals surface area contributed by atoms with Crippen molar-refractivity contribution in [2.75, 3.05) is 18.4 Å². The molecule has 1 aliphatic rings. The molecule has 1 aromatic heterocycles. The minimum Gasteiger partial charge on any atom is -0.444 e. The Labute approximate surface area is 141 Å². The Morgan fingerprint density at radius 2 is 2.13 bits per heavy atom. The van der Waals surface area contributed by atoms with E-state index in [0.29, 0.717) is 29.5 Å². The lowest BCUT2D eigenvalue weighted by Gasteiger charge is -2.34. The highest BCUT2D eigenvalue weighted by atomic mass is 35.5. The van der Waals surface area contributed by atoms with E-state index in [0.717, 1.165) is 12.8 Å². The first-order valence-electron chi connectivity index (χ1n) is 7.78. The van der Waals surface area contributed by atoms with E-state index in [1.807, 2.05) is 20.8 Å². The van der Waals surface area contributed by atoms with E-state index in [1.54, 1.807) is 17.2 Å². The van der Waals surface area contributed by atoms with Gasteiger partial charge < -0.3 is 20.1 Å². The van der Waals surface area contributed by atoms with E-state index in [2.05, 4.69) is 10.3 Å². The van der Waals surface area contributed by atoms with Crippen molar-refractivity contribution in [1.29, 1.82) is 0 Å². The zero-order chi connectivity index (χ0) is 17.0. The Kier molecular flexibility index (Phi) is 5.70. The number of piperidine rings is 1. The van der Waals surface area contributed by atoms with Crippen molar-refractivity contribution in [3.8, 4) is 0 Å². The topological polar surface area (TPSA) is 74.7 Å². The van der Waals surface area contributed by atoms with Gasteiger partial charge in [-0.2, -0.15) is 0 Å². The number of ether oxygens (including phenoxy) is 1. The number of hydrogen-bond donors (Lipinski definition) is 2. The summed E-state index contributed by atoms with van der Waals surface area (Å²) in [4.78, 5) is 18.0. The predicted molar refractivity (Wildman–Crippen MR) is 89.6 cm³/mol. The van der Waals surface area contributed by atoms with Gasteiger partial charge in [-0.15, -0.1) is 0 Å². The fourth-order valence-electron chi connectivity index (χ4n) is 2.40. The summed E-state index contributed by atoms with van der Waals surface area (Å²) in [5.41, 5.74) is 0.207. The third-order valence-corrected chi connectivity index (χ3v) is 3.86. The molecule has 2 N–H and O–H groups in total. The van der Waals surface area contributed by atoms with Crippen molar-refractivity contribution in [3.05, 3.63) is 22.8 Å². The molecule has 0 spiro atoms. The molecule has 0 radical (unpaired) electrons. The van der Waals surface area contributed by atoms with Crippen LogP contribution < -0.4 is 5.32 Å². The first-order chi connectivity index (χ1) is 10.8. The van der Waals surface area contributed by atoms with E-state index in [-0.39, 0.29) is 18.7 Å². The van der Waals surface area contributed by atoms with Crippen molar-refractivity contribution in [3.63, 3.8) is 0 Å². The zero-order valence-electron chi connectivity index (χ0n) is 13.8. The van der Waals surface area contributed by atoms with Crippen LogP contribution in [0.25, 0.3) is 0 Å². The van der Waals surface area contributed by atoms with E-state index in [9.17, 15) is 4.79 Å². The fraction of sp³-hybridized carbons (Fsp3) is 0.625. The summed E-state index contributed by atoms with van der Waals surface area (Å²) in [7, 11) is 0. The zero-order valence-corrected chi connectivity index (χ0v) is 14.6. The molecular weight excluding hydrogens is 318 g/mol. The normalized spacial score (nSPS) is 16.3. The van der Waals surface area contributed by atoms with Crippen LogP contribution in [0.2, 0.25) is 5.02 Å². The molecule has 1 aromatic rings. The predicted octanol–water partition coefficient (Wildman–Crippen LogP) is 3.04. The molecule has 23 heavy (non-hydrogen) atoms. The van der Waals surface area contributed by atoms with E-state index >= 15 is 0 Å². The molecule has 0 unspecified atom stereocenters. The molecular formula is C16H24ClN3O3. The highest BCUT2D eigenvalue weighted by Gasteiger charge is 2.27. The molecule has 0 saturated carbocycles. The summed E-state index contributed by atoms with van der Waals surface area (Å²) in [5, 5.41) is 12.9. The quantitative estimate of drug-likeness (QED) is 0.883. The van der Waals surface area contributed by atoms with Crippen molar-refractivity contribution in [1.82, 2.24) is 9.88 Å². The number of pyridine rings is 1. The number of nitrogens with zero attached hydrogens (tertiary/aromatic N) is 2. The summed E-state index contributed by atoms with van der Waals surface area (Å²) in [6.45, 7) is 6.79. The van der Waals surface area contributed by atoms with Gasteiger partial charge in [-0.05, 0) is 45.2 Å². The van der Waals surface area contributed by atoms with Crippen molar-refractivity contribution < 1.29 is 14.6 Å². The van der Waals surface area contributed by atoms with Gasteiger partial charge in [-0.1, -0.05) is 11.6 Å². The lowest BCUT2D eigenvalue weighted by atomic mass is 10.1. The minimum absolute atomic E-state index is 0.0821. The highest BCUT2D eigenvalue weighted by Crippen LogP contribution is 2.24. The number of carbonyl (C=O) groups is 1. The summed E-state index contributed by atoms with van der Waals surface area (Å²) < 4.78 is 5.38. The minimum atomic E-state index is -0.474. The van der Waals surface area contributed by atoms with E-state index in [1.165, 1.54) is 0 Å². The summed E-state index contributed by atoms with van der Waals surface area (Å²) in [5.74, 6) is 0.611. The Hall–Kier alpha value is -1.53. The SMILES string of the molecule is CC(C)(C)OC(=O)N1CCC(Nc2ncc(CO)cc2Cl)CC1. The lowest BCUT2D eigenvalue weighted by Crippen LogP contribution is -2.44. The van der Waals surface area contributed by atoms with Gasteiger partial charge in [0.15, 0.2) is 0 Å². The smallest absolute Gasteiger partial charge is 0.410 e. The molecule has 128 valence electrons. The Bertz CT molecular complexity index is 552. The van der Waals surface area contributed by atoms with Crippen LogP contribution >= 0.6 is 11.6 Å². The van der Waals surface area contributed by atoms with E-state index in [4.69, 9.17) is 21.4 Å². The molecule has 0 bridgehead atoms. The van der Waals surface area contributed by atoms with Crippen LogP contribution in [0.4, 0.5) is 10.6 Å². The van der Waals surface area contributed by atoms with E-state index < -0.39 is 5.60 Å². The molecule has 0 aliphatic carbocycles. The molecule has 1 saturated heterocycles. The van der Waals surface area contributed by atoms with Gasteiger partial charge in [0.25, 0.3) is 0 Å². The van der Waals surface area contributed by atoms with Gasteiger partial charge in [0.2, 0.25) is 0 Å².